The third-order valence-electron chi connectivity index (χ3n) is 3.92. The molecule has 0 spiro atoms. The maximum absolute atomic E-state index is 12.5. The van der Waals surface area contributed by atoms with Crippen LogP contribution in [0.2, 0.25) is 0 Å². The van der Waals surface area contributed by atoms with Gasteiger partial charge in [-0.2, -0.15) is 4.31 Å². The monoisotopic (exact) mass is 390 g/mol. The molecule has 7 heteroatoms. The molecule has 0 aliphatic carbocycles. The van der Waals surface area contributed by atoms with E-state index in [-0.39, 0.29) is 16.9 Å². The van der Waals surface area contributed by atoms with Gasteiger partial charge in [-0.25, -0.2) is 8.42 Å². The molecule has 0 radical (unpaired) electrons. The highest BCUT2D eigenvalue weighted by atomic mass is 32.2. The average Bonchev–Trinajstić information content (AvgIpc) is 2.62. The molecule has 0 aliphatic rings. The zero-order chi connectivity index (χ0) is 20.0. The molecule has 0 bridgehead atoms. The molecule has 0 saturated carbocycles. The van der Waals surface area contributed by atoms with Gasteiger partial charge in [0.1, 0.15) is 5.75 Å². The van der Waals surface area contributed by atoms with Gasteiger partial charge in [0.25, 0.3) is 5.91 Å². The standard InChI is InChI=1S/C20H26N2O4S/c1-5-22(6-2)27(24,25)19-12-10-17(11-13-19)21-20(23)16-8-7-9-18(14-16)26-15(3)4/h7-15H,5-6H2,1-4H3,(H,21,23). The van der Waals surface area contributed by atoms with Crippen LogP contribution in [0.5, 0.6) is 5.75 Å². The van der Waals surface area contributed by atoms with Gasteiger partial charge in [0.05, 0.1) is 11.0 Å². The minimum Gasteiger partial charge on any atom is -0.491 e. The molecule has 2 rings (SSSR count). The molecule has 1 amide bonds. The largest absolute Gasteiger partial charge is 0.491 e. The van der Waals surface area contributed by atoms with Gasteiger partial charge in [-0.3, -0.25) is 4.79 Å². The third-order valence-corrected chi connectivity index (χ3v) is 5.99. The first kappa shape index (κ1) is 20.9. The van der Waals surface area contributed by atoms with Crippen LogP contribution in [0.25, 0.3) is 0 Å². The summed E-state index contributed by atoms with van der Waals surface area (Å²) in [5.41, 5.74) is 0.988. The third kappa shape index (κ3) is 5.30. The number of hydrogen-bond acceptors (Lipinski definition) is 4. The van der Waals surface area contributed by atoms with Crippen molar-refractivity contribution in [2.75, 3.05) is 18.4 Å². The van der Waals surface area contributed by atoms with E-state index in [0.29, 0.717) is 30.1 Å². The van der Waals surface area contributed by atoms with Crippen LogP contribution in [0, 0.1) is 0 Å². The van der Waals surface area contributed by atoms with E-state index in [0.717, 1.165) is 0 Å². The Hall–Kier alpha value is -2.38. The van der Waals surface area contributed by atoms with E-state index in [2.05, 4.69) is 5.32 Å². The maximum atomic E-state index is 12.5. The van der Waals surface area contributed by atoms with Gasteiger partial charge in [0, 0.05) is 24.3 Å². The number of amides is 1. The van der Waals surface area contributed by atoms with Crippen molar-refractivity contribution < 1.29 is 17.9 Å². The molecule has 0 aromatic heterocycles. The average molecular weight is 391 g/mol. The van der Waals surface area contributed by atoms with Crippen LogP contribution in [-0.2, 0) is 10.0 Å². The van der Waals surface area contributed by atoms with Crippen molar-refractivity contribution in [2.45, 2.75) is 38.7 Å². The number of carbonyl (C=O) groups excluding carboxylic acids is 1. The topological polar surface area (TPSA) is 75.7 Å². The predicted octanol–water partition coefficient (Wildman–Crippen LogP) is 3.76. The van der Waals surface area contributed by atoms with E-state index >= 15 is 0 Å². The normalized spacial score (nSPS) is 11.6. The molecule has 2 aromatic carbocycles. The van der Waals surface area contributed by atoms with Crippen molar-refractivity contribution in [1.29, 1.82) is 0 Å². The highest BCUT2D eigenvalue weighted by Crippen LogP contribution is 2.20. The number of anilines is 1. The Bertz CT molecular complexity index is 873. The fourth-order valence-electron chi connectivity index (χ4n) is 2.61. The molecule has 0 saturated heterocycles. The molecule has 0 atom stereocenters. The quantitative estimate of drug-likeness (QED) is 0.745. The summed E-state index contributed by atoms with van der Waals surface area (Å²) < 4.78 is 32.0. The molecule has 146 valence electrons. The van der Waals surface area contributed by atoms with Crippen molar-refractivity contribution in [3.05, 3.63) is 54.1 Å². The van der Waals surface area contributed by atoms with Crippen LogP contribution in [0.3, 0.4) is 0 Å². The molecule has 27 heavy (non-hydrogen) atoms. The molecule has 0 aliphatic heterocycles. The Morgan fingerprint density at radius 3 is 2.26 bits per heavy atom. The Labute approximate surface area is 161 Å². The number of carbonyl (C=O) groups is 1. The Kier molecular flexibility index (Phi) is 6.98. The van der Waals surface area contributed by atoms with Crippen molar-refractivity contribution in [3.8, 4) is 5.75 Å². The van der Waals surface area contributed by atoms with Crippen LogP contribution in [0.15, 0.2) is 53.4 Å². The highest BCUT2D eigenvalue weighted by Gasteiger charge is 2.21. The van der Waals surface area contributed by atoms with Gasteiger partial charge < -0.3 is 10.1 Å². The second-order valence-corrected chi connectivity index (χ2v) is 8.20. The summed E-state index contributed by atoms with van der Waals surface area (Å²) in [5, 5.41) is 2.77. The van der Waals surface area contributed by atoms with Gasteiger partial charge in [-0.05, 0) is 56.3 Å². The lowest BCUT2D eigenvalue weighted by molar-refractivity contribution is 0.102. The zero-order valence-corrected chi connectivity index (χ0v) is 16.9. The number of benzene rings is 2. The number of hydrogen-bond donors (Lipinski definition) is 1. The molecule has 0 heterocycles. The SMILES string of the molecule is CCN(CC)S(=O)(=O)c1ccc(NC(=O)c2cccc(OC(C)C)c2)cc1. The Morgan fingerprint density at radius 2 is 1.70 bits per heavy atom. The van der Waals surface area contributed by atoms with Crippen LogP contribution < -0.4 is 10.1 Å². The number of sulfonamides is 1. The fraction of sp³-hybridized carbons (Fsp3) is 0.350. The molecule has 0 unspecified atom stereocenters. The van der Waals surface area contributed by atoms with E-state index in [9.17, 15) is 13.2 Å². The Balaban J connectivity index is 2.14. The van der Waals surface area contributed by atoms with Crippen molar-refractivity contribution in [3.63, 3.8) is 0 Å². The van der Waals surface area contributed by atoms with E-state index < -0.39 is 10.0 Å². The second kappa shape index (κ2) is 9.01. The molecular weight excluding hydrogens is 364 g/mol. The number of nitrogens with one attached hydrogen (secondary N) is 1. The molecule has 1 N–H and O–H groups in total. The Morgan fingerprint density at radius 1 is 1.07 bits per heavy atom. The predicted molar refractivity (Wildman–Crippen MR) is 107 cm³/mol. The fourth-order valence-corrected chi connectivity index (χ4v) is 4.07. The van der Waals surface area contributed by atoms with Crippen LogP contribution in [0.1, 0.15) is 38.1 Å². The van der Waals surface area contributed by atoms with Crippen molar-refractivity contribution in [2.24, 2.45) is 0 Å². The van der Waals surface area contributed by atoms with Gasteiger partial charge in [0.2, 0.25) is 10.0 Å². The molecule has 2 aromatic rings. The minimum atomic E-state index is -3.51. The first-order valence-corrected chi connectivity index (χ1v) is 10.4. The number of ether oxygens (including phenoxy) is 1. The van der Waals surface area contributed by atoms with E-state index in [4.69, 9.17) is 4.74 Å². The second-order valence-electron chi connectivity index (χ2n) is 6.26. The van der Waals surface area contributed by atoms with E-state index in [1.54, 1.807) is 50.2 Å². The number of nitrogens with zero attached hydrogens (tertiary/aromatic N) is 1. The van der Waals surface area contributed by atoms with Crippen LogP contribution >= 0.6 is 0 Å². The summed E-state index contributed by atoms with van der Waals surface area (Å²) in [6, 6.07) is 13.1. The summed E-state index contributed by atoms with van der Waals surface area (Å²) >= 11 is 0. The first-order chi connectivity index (χ1) is 12.8. The first-order valence-electron chi connectivity index (χ1n) is 8.96. The summed E-state index contributed by atoms with van der Waals surface area (Å²) in [4.78, 5) is 12.6. The van der Waals surface area contributed by atoms with Gasteiger partial charge in [-0.15, -0.1) is 0 Å². The minimum absolute atomic E-state index is 0.0172. The summed E-state index contributed by atoms with van der Waals surface area (Å²) in [6.07, 6.45) is 0.0172. The van der Waals surface area contributed by atoms with Crippen molar-refractivity contribution in [1.82, 2.24) is 4.31 Å². The van der Waals surface area contributed by atoms with Crippen molar-refractivity contribution >= 4 is 21.6 Å². The van der Waals surface area contributed by atoms with Gasteiger partial charge in [-0.1, -0.05) is 19.9 Å². The zero-order valence-electron chi connectivity index (χ0n) is 16.1. The molecule has 6 nitrogen and oxygen atoms in total. The maximum Gasteiger partial charge on any atom is 0.255 e. The lowest BCUT2D eigenvalue weighted by Crippen LogP contribution is -2.30. The van der Waals surface area contributed by atoms with E-state index in [1.807, 2.05) is 13.8 Å². The van der Waals surface area contributed by atoms with Gasteiger partial charge in [0.15, 0.2) is 0 Å². The highest BCUT2D eigenvalue weighted by molar-refractivity contribution is 7.89. The smallest absolute Gasteiger partial charge is 0.255 e. The molecular formula is C20H26N2O4S. The lowest BCUT2D eigenvalue weighted by atomic mass is 10.2. The summed E-state index contributed by atoms with van der Waals surface area (Å²) in [7, 11) is -3.51. The van der Waals surface area contributed by atoms with Crippen LogP contribution in [0.4, 0.5) is 5.69 Å². The number of rotatable bonds is 8. The van der Waals surface area contributed by atoms with Crippen LogP contribution in [-0.4, -0.2) is 37.8 Å². The molecule has 0 fully saturated rings. The lowest BCUT2D eigenvalue weighted by Gasteiger charge is -2.18. The summed E-state index contributed by atoms with van der Waals surface area (Å²) in [5.74, 6) is 0.335. The van der Waals surface area contributed by atoms with Gasteiger partial charge >= 0.3 is 0 Å². The summed E-state index contributed by atoms with van der Waals surface area (Å²) in [6.45, 7) is 8.25. The van der Waals surface area contributed by atoms with E-state index in [1.165, 1.54) is 16.4 Å².